The number of amides is 1. The molecule has 2 aromatic rings. The Hall–Kier alpha value is -2.29. The summed E-state index contributed by atoms with van der Waals surface area (Å²) in [5, 5.41) is 3.01. The second-order valence-electron chi connectivity index (χ2n) is 7.54. The van der Waals surface area contributed by atoms with Crippen LogP contribution in [0.2, 0.25) is 0 Å². The van der Waals surface area contributed by atoms with Gasteiger partial charge in [0.05, 0.1) is 0 Å². The van der Waals surface area contributed by atoms with E-state index in [4.69, 9.17) is 0 Å². The summed E-state index contributed by atoms with van der Waals surface area (Å²) in [5.41, 5.74) is 4.69. The number of nitrogens with zero attached hydrogens (tertiary/aromatic N) is 1. The van der Waals surface area contributed by atoms with Crippen molar-refractivity contribution in [3.63, 3.8) is 0 Å². The molecule has 1 fully saturated rings. The van der Waals surface area contributed by atoms with E-state index in [1.54, 1.807) is 0 Å². The van der Waals surface area contributed by atoms with Gasteiger partial charge in [-0.05, 0) is 67.0 Å². The van der Waals surface area contributed by atoms with Gasteiger partial charge in [-0.3, -0.25) is 4.79 Å². The third kappa shape index (κ3) is 5.10. The van der Waals surface area contributed by atoms with Gasteiger partial charge in [-0.2, -0.15) is 0 Å². The average molecular weight is 351 g/mol. The van der Waals surface area contributed by atoms with Crippen LogP contribution in [0.15, 0.2) is 48.5 Å². The van der Waals surface area contributed by atoms with Gasteiger partial charge in [0.1, 0.15) is 0 Å². The maximum atomic E-state index is 12.2. The first-order valence-electron chi connectivity index (χ1n) is 9.85. The van der Waals surface area contributed by atoms with Gasteiger partial charge in [0.2, 0.25) is 5.91 Å². The van der Waals surface area contributed by atoms with Crippen molar-refractivity contribution in [1.82, 2.24) is 0 Å². The van der Waals surface area contributed by atoms with E-state index in [1.165, 1.54) is 36.1 Å². The smallest absolute Gasteiger partial charge is 0.224 e. The first-order valence-corrected chi connectivity index (χ1v) is 9.85. The summed E-state index contributed by atoms with van der Waals surface area (Å²) in [6.07, 6.45) is 5.17. The van der Waals surface area contributed by atoms with Gasteiger partial charge in [0.25, 0.3) is 0 Å². The Morgan fingerprint density at radius 3 is 2.23 bits per heavy atom. The predicted octanol–water partition coefficient (Wildman–Crippen LogP) is 5.37. The molecule has 3 nitrogen and oxygen atoms in total. The lowest BCUT2D eigenvalue weighted by Crippen LogP contribution is -2.29. The molecule has 3 heteroatoms. The number of aryl methyl sites for hydroxylation is 1. The maximum absolute atomic E-state index is 12.2. The van der Waals surface area contributed by atoms with Crippen molar-refractivity contribution in [2.75, 3.05) is 23.3 Å². The third-order valence-corrected chi connectivity index (χ3v) is 5.16. The Morgan fingerprint density at radius 1 is 0.962 bits per heavy atom. The molecule has 1 amide bonds. The number of anilines is 2. The van der Waals surface area contributed by atoms with Gasteiger partial charge in [0.15, 0.2) is 0 Å². The number of hydrogen-bond donors (Lipinski definition) is 1. The molecule has 0 saturated carbocycles. The lowest BCUT2D eigenvalue weighted by atomic mass is 10.0. The largest absolute Gasteiger partial charge is 0.372 e. The summed E-state index contributed by atoms with van der Waals surface area (Å²) in [4.78, 5) is 14.7. The number of piperidine rings is 1. The molecule has 0 aromatic heterocycles. The van der Waals surface area contributed by atoms with Crippen LogP contribution in [0.25, 0.3) is 0 Å². The van der Waals surface area contributed by atoms with E-state index in [-0.39, 0.29) is 5.91 Å². The molecule has 1 N–H and O–H groups in total. The molecule has 1 saturated heterocycles. The molecule has 1 aliphatic rings. The van der Waals surface area contributed by atoms with Crippen LogP contribution in [0.3, 0.4) is 0 Å². The summed E-state index contributed by atoms with van der Waals surface area (Å²) < 4.78 is 0. The zero-order valence-electron chi connectivity index (χ0n) is 16.0. The lowest BCUT2D eigenvalue weighted by molar-refractivity contribution is -0.116. The molecule has 0 spiro atoms. The number of rotatable bonds is 6. The second kappa shape index (κ2) is 8.88. The number of nitrogens with one attached hydrogen (secondary N) is 1. The normalized spacial score (nSPS) is 14.5. The Bertz CT molecular complexity index is 698. The Balaban J connectivity index is 1.48. The van der Waals surface area contributed by atoms with Gasteiger partial charge in [0, 0.05) is 30.9 Å². The molecule has 1 aliphatic heterocycles. The van der Waals surface area contributed by atoms with Crippen molar-refractivity contribution in [3.05, 3.63) is 59.7 Å². The highest BCUT2D eigenvalue weighted by atomic mass is 16.1. The maximum Gasteiger partial charge on any atom is 0.224 e. The van der Waals surface area contributed by atoms with E-state index >= 15 is 0 Å². The molecule has 0 bridgehead atoms. The van der Waals surface area contributed by atoms with E-state index in [9.17, 15) is 4.79 Å². The molecule has 2 aromatic carbocycles. The van der Waals surface area contributed by atoms with Gasteiger partial charge >= 0.3 is 0 Å². The fourth-order valence-corrected chi connectivity index (χ4v) is 3.46. The second-order valence-corrected chi connectivity index (χ2v) is 7.54. The van der Waals surface area contributed by atoms with Crippen LogP contribution in [0.4, 0.5) is 11.4 Å². The van der Waals surface area contributed by atoms with Gasteiger partial charge < -0.3 is 10.2 Å². The van der Waals surface area contributed by atoms with Crippen molar-refractivity contribution >= 4 is 17.3 Å². The third-order valence-electron chi connectivity index (χ3n) is 5.16. The SMILES string of the molecule is CC(C)c1ccc(CCC(=O)Nc2ccc(N3CCCCC3)cc2)cc1. The molecule has 0 unspecified atom stereocenters. The van der Waals surface area contributed by atoms with Crippen molar-refractivity contribution < 1.29 is 4.79 Å². The molecular formula is C23H30N2O. The predicted molar refractivity (Wildman–Crippen MR) is 110 cm³/mol. The van der Waals surface area contributed by atoms with Crippen LogP contribution in [-0.4, -0.2) is 19.0 Å². The van der Waals surface area contributed by atoms with Gasteiger partial charge in [-0.1, -0.05) is 38.1 Å². The van der Waals surface area contributed by atoms with Crippen LogP contribution in [0, 0.1) is 0 Å². The Kier molecular flexibility index (Phi) is 6.32. The Labute approximate surface area is 157 Å². The summed E-state index contributed by atoms with van der Waals surface area (Å²) in [6, 6.07) is 16.9. The summed E-state index contributed by atoms with van der Waals surface area (Å²) >= 11 is 0. The van der Waals surface area contributed by atoms with Crippen molar-refractivity contribution in [1.29, 1.82) is 0 Å². The minimum Gasteiger partial charge on any atom is -0.372 e. The first-order chi connectivity index (χ1) is 12.6. The highest BCUT2D eigenvalue weighted by Gasteiger charge is 2.11. The summed E-state index contributed by atoms with van der Waals surface area (Å²) in [5.74, 6) is 0.615. The topological polar surface area (TPSA) is 32.3 Å². The van der Waals surface area contributed by atoms with E-state index in [1.807, 2.05) is 12.1 Å². The average Bonchev–Trinajstić information content (AvgIpc) is 2.68. The standard InChI is InChI=1S/C23H30N2O/c1-18(2)20-9-6-19(7-10-20)8-15-23(26)24-21-11-13-22(14-12-21)25-16-4-3-5-17-25/h6-7,9-14,18H,3-5,8,15-17H2,1-2H3,(H,24,26). The number of carbonyl (C=O) groups is 1. The first kappa shape index (κ1) is 18.5. The van der Waals surface area contributed by atoms with Crippen molar-refractivity contribution in [3.8, 4) is 0 Å². The van der Waals surface area contributed by atoms with Crippen LogP contribution in [-0.2, 0) is 11.2 Å². The molecular weight excluding hydrogens is 320 g/mol. The minimum absolute atomic E-state index is 0.0728. The molecule has 26 heavy (non-hydrogen) atoms. The van der Waals surface area contributed by atoms with Gasteiger partial charge in [-0.15, -0.1) is 0 Å². The quantitative estimate of drug-likeness (QED) is 0.759. The molecule has 0 radical (unpaired) electrons. The van der Waals surface area contributed by atoms with Crippen LogP contribution in [0.5, 0.6) is 0 Å². The van der Waals surface area contributed by atoms with Crippen LogP contribution < -0.4 is 10.2 Å². The van der Waals surface area contributed by atoms with E-state index in [2.05, 4.69) is 60.5 Å². The number of hydrogen-bond acceptors (Lipinski definition) is 2. The van der Waals surface area contributed by atoms with Crippen molar-refractivity contribution in [2.45, 2.75) is 51.9 Å². The molecule has 138 valence electrons. The molecule has 0 aliphatic carbocycles. The van der Waals surface area contributed by atoms with E-state index in [0.29, 0.717) is 12.3 Å². The van der Waals surface area contributed by atoms with Crippen LogP contribution >= 0.6 is 0 Å². The summed E-state index contributed by atoms with van der Waals surface area (Å²) in [7, 11) is 0. The number of carbonyl (C=O) groups excluding carboxylic acids is 1. The molecule has 1 heterocycles. The zero-order chi connectivity index (χ0) is 18.4. The fraction of sp³-hybridized carbons (Fsp3) is 0.435. The van der Waals surface area contributed by atoms with Gasteiger partial charge in [-0.25, -0.2) is 0 Å². The molecule has 0 atom stereocenters. The number of benzene rings is 2. The molecule has 3 rings (SSSR count). The lowest BCUT2D eigenvalue weighted by Gasteiger charge is -2.28. The van der Waals surface area contributed by atoms with E-state index < -0.39 is 0 Å². The van der Waals surface area contributed by atoms with E-state index in [0.717, 1.165) is 25.2 Å². The monoisotopic (exact) mass is 350 g/mol. The zero-order valence-corrected chi connectivity index (χ0v) is 16.0. The highest BCUT2D eigenvalue weighted by Crippen LogP contribution is 2.22. The Morgan fingerprint density at radius 2 is 1.62 bits per heavy atom. The highest BCUT2D eigenvalue weighted by molar-refractivity contribution is 5.91. The van der Waals surface area contributed by atoms with Crippen LogP contribution in [0.1, 0.15) is 56.6 Å². The van der Waals surface area contributed by atoms with Crippen molar-refractivity contribution in [2.24, 2.45) is 0 Å². The fourth-order valence-electron chi connectivity index (χ4n) is 3.46. The minimum atomic E-state index is 0.0728. The summed E-state index contributed by atoms with van der Waals surface area (Å²) in [6.45, 7) is 6.67.